The van der Waals surface area contributed by atoms with E-state index in [4.69, 9.17) is 4.98 Å². The summed E-state index contributed by atoms with van der Waals surface area (Å²) in [6.07, 6.45) is 4.57. The number of benzene rings is 2. The van der Waals surface area contributed by atoms with Gasteiger partial charge in [0.1, 0.15) is 5.39 Å². The van der Waals surface area contributed by atoms with Crippen molar-refractivity contribution < 1.29 is 5.11 Å². The van der Waals surface area contributed by atoms with E-state index in [1.165, 1.54) is 11.1 Å². The van der Waals surface area contributed by atoms with Crippen LogP contribution in [0.2, 0.25) is 0 Å². The van der Waals surface area contributed by atoms with Gasteiger partial charge in [0.25, 0.3) is 5.56 Å². The van der Waals surface area contributed by atoms with Crippen molar-refractivity contribution >= 4 is 22.7 Å². The second-order valence-electron chi connectivity index (χ2n) is 9.77. The zero-order chi connectivity index (χ0) is 23.4. The average Bonchev–Trinajstić information content (AvgIpc) is 3.62. The molecule has 6 rings (SSSR count). The van der Waals surface area contributed by atoms with Gasteiger partial charge in [-0.05, 0) is 80.6 Å². The van der Waals surface area contributed by atoms with Gasteiger partial charge in [-0.3, -0.25) is 4.79 Å². The Morgan fingerprint density at radius 3 is 2.79 bits per heavy atom. The van der Waals surface area contributed by atoms with Gasteiger partial charge in [0.15, 0.2) is 5.65 Å². The number of rotatable bonds is 5. The van der Waals surface area contributed by atoms with Crippen LogP contribution in [0.25, 0.3) is 16.7 Å². The van der Waals surface area contributed by atoms with Crippen molar-refractivity contribution in [3.05, 3.63) is 75.7 Å². The molecule has 0 bridgehead atoms. The number of hydrogen-bond acceptors (Lipinski definition) is 6. The molecule has 2 aromatic carbocycles. The smallest absolute Gasteiger partial charge is 0.278 e. The Morgan fingerprint density at radius 2 is 2.00 bits per heavy atom. The van der Waals surface area contributed by atoms with Gasteiger partial charge in [0.2, 0.25) is 5.95 Å². The van der Waals surface area contributed by atoms with Crippen molar-refractivity contribution in [2.24, 2.45) is 0 Å². The molecule has 174 valence electrons. The maximum absolute atomic E-state index is 13.3. The van der Waals surface area contributed by atoms with E-state index in [0.717, 1.165) is 49.3 Å². The average molecular weight is 457 g/mol. The Kier molecular flexibility index (Phi) is 4.82. The first-order valence-corrected chi connectivity index (χ1v) is 11.8. The van der Waals surface area contributed by atoms with Crippen LogP contribution >= 0.6 is 0 Å². The van der Waals surface area contributed by atoms with Crippen LogP contribution in [0.5, 0.6) is 0 Å². The molecule has 0 unspecified atom stereocenters. The van der Waals surface area contributed by atoms with Crippen LogP contribution < -0.4 is 16.2 Å². The Labute approximate surface area is 197 Å². The third kappa shape index (κ3) is 3.69. The maximum atomic E-state index is 13.3. The summed E-state index contributed by atoms with van der Waals surface area (Å²) >= 11 is 0. The first kappa shape index (κ1) is 21.1. The van der Waals surface area contributed by atoms with Crippen LogP contribution in [0.1, 0.15) is 49.4 Å². The normalized spacial score (nSPS) is 16.0. The molecule has 4 aromatic rings. The highest BCUT2D eigenvalue weighted by molar-refractivity contribution is 5.77. The van der Waals surface area contributed by atoms with Crippen LogP contribution in [-0.4, -0.2) is 31.0 Å². The van der Waals surface area contributed by atoms with Crippen LogP contribution in [0, 0.1) is 0 Å². The summed E-state index contributed by atoms with van der Waals surface area (Å²) in [5.41, 5.74) is 4.60. The minimum Gasteiger partial charge on any atom is -0.386 e. The third-order valence-electron chi connectivity index (χ3n) is 6.66. The van der Waals surface area contributed by atoms with Crippen molar-refractivity contribution in [1.82, 2.24) is 24.6 Å². The third-order valence-corrected chi connectivity index (χ3v) is 6.66. The lowest BCUT2D eigenvalue weighted by Crippen LogP contribution is -2.23. The van der Waals surface area contributed by atoms with Gasteiger partial charge in [0.05, 0.1) is 17.3 Å². The molecule has 34 heavy (non-hydrogen) atoms. The highest BCUT2D eigenvalue weighted by Crippen LogP contribution is 2.36. The zero-order valence-electron chi connectivity index (χ0n) is 19.4. The molecular weight excluding hydrogens is 428 g/mol. The van der Waals surface area contributed by atoms with Crippen molar-refractivity contribution in [2.45, 2.75) is 51.3 Å². The quantitative estimate of drug-likeness (QED) is 0.425. The predicted molar refractivity (Wildman–Crippen MR) is 132 cm³/mol. The fourth-order valence-corrected chi connectivity index (χ4v) is 4.66. The molecule has 0 saturated heterocycles. The minimum absolute atomic E-state index is 0.0856. The number of aliphatic hydroxyl groups is 1. The fourth-order valence-electron chi connectivity index (χ4n) is 4.66. The van der Waals surface area contributed by atoms with E-state index < -0.39 is 5.60 Å². The Morgan fingerprint density at radius 1 is 1.15 bits per heavy atom. The van der Waals surface area contributed by atoms with Gasteiger partial charge >= 0.3 is 0 Å². The van der Waals surface area contributed by atoms with E-state index in [2.05, 4.69) is 27.8 Å². The number of fused-ring (bicyclic) bond motifs is 2. The molecule has 8 nitrogen and oxygen atoms in total. The van der Waals surface area contributed by atoms with Gasteiger partial charge in [0, 0.05) is 18.4 Å². The van der Waals surface area contributed by atoms with Crippen LogP contribution in [0.4, 0.5) is 11.6 Å². The molecule has 1 saturated carbocycles. The van der Waals surface area contributed by atoms with Crippen molar-refractivity contribution in [1.29, 1.82) is 0 Å². The molecule has 3 N–H and O–H groups in total. The molecule has 2 aromatic heterocycles. The Hall–Kier alpha value is -3.49. The molecule has 1 aliphatic carbocycles. The topological polar surface area (TPSA) is 97.0 Å². The standard InChI is InChI=1S/C26H28N6O2/c1-26(2,34)18-4-3-5-21(13-18)31-23-22(24(33)32(31)20-8-9-20)15-28-25(30-23)29-19-7-6-16-10-11-27-14-17(16)12-19/h3-7,12-13,15,20,27,34H,8-11,14H2,1-2H3,(H,28,29,30). The second kappa shape index (κ2) is 7.78. The molecule has 1 aliphatic heterocycles. The van der Waals surface area contributed by atoms with E-state index in [1.807, 2.05) is 35.0 Å². The monoisotopic (exact) mass is 456 g/mol. The second-order valence-corrected chi connectivity index (χ2v) is 9.77. The molecule has 3 heterocycles. The lowest BCUT2D eigenvalue weighted by atomic mass is 9.98. The summed E-state index contributed by atoms with van der Waals surface area (Å²) in [5.74, 6) is 0.441. The van der Waals surface area contributed by atoms with E-state index >= 15 is 0 Å². The molecule has 0 spiro atoms. The van der Waals surface area contributed by atoms with Crippen LogP contribution in [0.15, 0.2) is 53.5 Å². The summed E-state index contributed by atoms with van der Waals surface area (Å²) in [5, 5.41) is 17.8. The van der Waals surface area contributed by atoms with Crippen molar-refractivity contribution in [3.8, 4) is 5.69 Å². The molecule has 0 atom stereocenters. The number of nitrogens with one attached hydrogen (secondary N) is 2. The van der Waals surface area contributed by atoms with E-state index in [-0.39, 0.29) is 11.6 Å². The number of anilines is 2. The summed E-state index contributed by atoms with van der Waals surface area (Å²) in [6, 6.07) is 14.1. The first-order valence-electron chi connectivity index (χ1n) is 11.8. The lowest BCUT2D eigenvalue weighted by molar-refractivity contribution is 0.0786. The number of aromatic nitrogens is 4. The zero-order valence-corrected chi connectivity index (χ0v) is 19.4. The first-order chi connectivity index (χ1) is 16.4. The lowest BCUT2D eigenvalue weighted by Gasteiger charge is -2.20. The minimum atomic E-state index is -0.993. The largest absolute Gasteiger partial charge is 0.386 e. The summed E-state index contributed by atoms with van der Waals surface area (Å²) in [4.78, 5) is 22.5. The van der Waals surface area contributed by atoms with Gasteiger partial charge in [-0.25, -0.2) is 14.3 Å². The number of nitrogens with zero attached hydrogens (tertiary/aromatic N) is 4. The maximum Gasteiger partial charge on any atom is 0.278 e. The highest BCUT2D eigenvalue weighted by Gasteiger charge is 2.31. The predicted octanol–water partition coefficient (Wildman–Crippen LogP) is 3.53. The SMILES string of the molecule is CC(C)(O)c1cccc(-n2c3nc(Nc4ccc5c(c4)CNCC5)ncc3c(=O)n2C2CC2)c1. The number of hydrogen-bond donors (Lipinski definition) is 3. The summed E-state index contributed by atoms with van der Waals surface area (Å²) < 4.78 is 3.67. The van der Waals surface area contributed by atoms with Crippen molar-refractivity contribution in [3.63, 3.8) is 0 Å². The van der Waals surface area contributed by atoms with Gasteiger partial charge in [-0.15, -0.1) is 0 Å². The van der Waals surface area contributed by atoms with Crippen LogP contribution in [-0.2, 0) is 18.6 Å². The molecular formula is C26H28N6O2. The fraction of sp³-hybridized carbons (Fsp3) is 0.346. The Balaban J connectivity index is 1.46. The summed E-state index contributed by atoms with van der Waals surface area (Å²) in [6.45, 7) is 5.37. The van der Waals surface area contributed by atoms with E-state index in [0.29, 0.717) is 17.0 Å². The van der Waals surface area contributed by atoms with Gasteiger partial charge < -0.3 is 15.7 Å². The van der Waals surface area contributed by atoms with Gasteiger partial charge in [-0.2, -0.15) is 4.98 Å². The van der Waals surface area contributed by atoms with E-state index in [1.54, 1.807) is 24.7 Å². The molecule has 1 fully saturated rings. The summed E-state index contributed by atoms with van der Waals surface area (Å²) in [7, 11) is 0. The molecule has 0 amide bonds. The highest BCUT2D eigenvalue weighted by atomic mass is 16.3. The molecule has 8 heteroatoms. The van der Waals surface area contributed by atoms with Crippen molar-refractivity contribution in [2.75, 3.05) is 11.9 Å². The van der Waals surface area contributed by atoms with Crippen LogP contribution in [0.3, 0.4) is 0 Å². The van der Waals surface area contributed by atoms with Gasteiger partial charge in [-0.1, -0.05) is 18.2 Å². The molecule has 0 radical (unpaired) electrons. The Bertz CT molecular complexity index is 1460. The molecule has 2 aliphatic rings. The van der Waals surface area contributed by atoms with E-state index in [9.17, 15) is 9.90 Å².